The molecule has 9 nitrogen and oxygen atoms in total. The quantitative estimate of drug-likeness (QED) is 0.231. The Morgan fingerprint density at radius 2 is 1.72 bits per heavy atom. The van der Waals surface area contributed by atoms with Crippen LogP contribution in [0, 0.1) is 5.92 Å². The first-order chi connectivity index (χ1) is 11.7. The Morgan fingerprint density at radius 3 is 2.32 bits per heavy atom. The highest BCUT2D eigenvalue weighted by atomic mass is 16.6. The Bertz CT molecular complexity index is 684. The van der Waals surface area contributed by atoms with Gasteiger partial charge < -0.3 is 35.4 Å². The fraction of sp³-hybridized carbons (Fsp3) is 0.375. The molecule has 5 unspecified atom stereocenters. The van der Waals surface area contributed by atoms with Crippen molar-refractivity contribution in [2.75, 3.05) is 0 Å². The number of hydrogen-bond donors (Lipinski definition) is 6. The molecule has 1 aromatic rings. The molecular weight excluding hydrogens is 336 g/mol. The molecule has 0 aromatic heterocycles. The predicted molar refractivity (Wildman–Crippen MR) is 82.4 cm³/mol. The van der Waals surface area contributed by atoms with Crippen LogP contribution in [0.1, 0.15) is 12.0 Å². The van der Waals surface area contributed by atoms with Crippen LogP contribution in [0.25, 0.3) is 6.08 Å². The molecule has 0 spiro atoms. The SMILES string of the molecule is O=C(C=Cc1ccc(O)c(O)c1)OC1CC(C(=O)O)C(O)C(O)C1O. The molecule has 25 heavy (non-hydrogen) atoms. The summed E-state index contributed by atoms with van der Waals surface area (Å²) in [6.07, 6.45) is -4.45. The Morgan fingerprint density at radius 1 is 1.04 bits per heavy atom. The van der Waals surface area contributed by atoms with Gasteiger partial charge in [-0.15, -0.1) is 0 Å². The van der Waals surface area contributed by atoms with Crippen LogP contribution in [0.3, 0.4) is 0 Å². The monoisotopic (exact) mass is 354 g/mol. The van der Waals surface area contributed by atoms with Gasteiger partial charge in [-0.3, -0.25) is 4.79 Å². The second-order valence-electron chi connectivity index (χ2n) is 5.71. The Balaban J connectivity index is 2.04. The van der Waals surface area contributed by atoms with Crippen LogP contribution in [0.15, 0.2) is 24.3 Å². The number of hydrogen-bond acceptors (Lipinski definition) is 8. The van der Waals surface area contributed by atoms with Crippen molar-refractivity contribution >= 4 is 18.0 Å². The average molecular weight is 354 g/mol. The molecule has 0 aliphatic heterocycles. The number of aliphatic hydroxyl groups is 3. The van der Waals surface area contributed by atoms with Crippen LogP contribution in [0.5, 0.6) is 11.5 Å². The van der Waals surface area contributed by atoms with E-state index < -0.39 is 42.3 Å². The van der Waals surface area contributed by atoms with Crippen LogP contribution in [-0.2, 0) is 14.3 Å². The second kappa shape index (κ2) is 7.51. The van der Waals surface area contributed by atoms with E-state index in [0.29, 0.717) is 5.56 Å². The summed E-state index contributed by atoms with van der Waals surface area (Å²) in [5, 5.41) is 56.7. The highest BCUT2D eigenvalue weighted by Crippen LogP contribution is 2.29. The standard InChI is InChI=1S/C16H18O9/c17-9-3-1-7(5-10(9)18)2-4-12(19)25-11-6-8(16(23)24)13(20)15(22)14(11)21/h1-5,8,11,13-15,17-18,20-22H,6H2,(H,23,24). The number of aromatic hydroxyl groups is 2. The molecule has 0 radical (unpaired) electrons. The minimum Gasteiger partial charge on any atom is -0.504 e. The average Bonchev–Trinajstić information content (AvgIpc) is 2.56. The molecule has 5 atom stereocenters. The van der Waals surface area contributed by atoms with Crippen LogP contribution in [-0.4, -0.2) is 67.0 Å². The molecule has 1 aliphatic carbocycles. The van der Waals surface area contributed by atoms with Crippen molar-refractivity contribution in [1.29, 1.82) is 0 Å². The van der Waals surface area contributed by atoms with E-state index in [0.717, 1.165) is 6.08 Å². The molecule has 1 saturated carbocycles. The van der Waals surface area contributed by atoms with Gasteiger partial charge in [0, 0.05) is 12.5 Å². The summed E-state index contributed by atoms with van der Waals surface area (Å²) in [7, 11) is 0. The van der Waals surface area contributed by atoms with Gasteiger partial charge in [-0.1, -0.05) is 6.07 Å². The van der Waals surface area contributed by atoms with Crippen molar-refractivity contribution in [2.45, 2.75) is 30.8 Å². The van der Waals surface area contributed by atoms with Crippen LogP contribution >= 0.6 is 0 Å². The molecule has 0 saturated heterocycles. The lowest BCUT2D eigenvalue weighted by atomic mass is 9.81. The molecular formula is C16H18O9. The Kier molecular flexibility index (Phi) is 5.62. The summed E-state index contributed by atoms with van der Waals surface area (Å²) in [5.41, 5.74) is 0.385. The molecule has 6 N–H and O–H groups in total. The number of carboxylic acids is 1. The molecule has 0 bridgehead atoms. The van der Waals surface area contributed by atoms with Gasteiger partial charge in [-0.05, 0) is 23.8 Å². The third kappa shape index (κ3) is 4.27. The second-order valence-corrected chi connectivity index (χ2v) is 5.71. The van der Waals surface area contributed by atoms with Gasteiger partial charge in [-0.25, -0.2) is 4.79 Å². The third-order valence-electron chi connectivity index (χ3n) is 3.98. The van der Waals surface area contributed by atoms with Gasteiger partial charge in [0.05, 0.1) is 12.0 Å². The fourth-order valence-electron chi connectivity index (χ4n) is 2.55. The van der Waals surface area contributed by atoms with E-state index in [-0.39, 0.29) is 17.9 Å². The van der Waals surface area contributed by atoms with Gasteiger partial charge >= 0.3 is 11.9 Å². The first-order valence-electron chi connectivity index (χ1n) is 7.38. The molecule has 136 valence electrons. The fourth-order valence-corrected chi connectivity index (χ4v) is 2.55. The van der Waals surface area contributed by atoms with Crippen molar-refractivity contribution in [2.24, 2.45) is 5.92 Å². The van der Waals surface area contributed by atoms with E-state index >= 15 is 0 Å². The van der Waals surface area contributed by atoms with Gasteiger partial charge in [0.1, 0.15) is 18.3 Å². The van der Waals surface area contributed by atoms with E-state index in [2.05, 4.69) is 0 Å². The van der Waals surface area contributed by atoms with E-state index in [9.17, 15) is 35.1 Å². The van der Waals surface area contributed by atoms with E-state index in [4.69, 9.17) is 9.84 Å². The lowest BCUT2D eigenvalue weighted by Crippen LogP contribution is -2.56. The first-order valence-corrected chi connectivity index (χ1v) is 7.38. The number of aliphatic hydroxyl groups excluding tert-OH is 3. The molecule has 1 aliphatic rings. The van der Waals surface area contributed by atoms with Gasteiger partial charge in [0.25, 0.3) is 0 Å². The molecule has 0 amide bonds. The highest BCUT2D eigenvalue weighted by Gasteiger charge is 2.47. The maximum Gasteiger partial charge on any atom is 0.331 e. The first kappa shape index (κ1) is 18.7. The molecule has 9 heteroatoms. The van der Waals surface area contributed by atoms with E-state index in [1.54, 1.807) is 0 Å². The van der Waals surface area contributed by atoms with Crippen LogP contribution in [0.2, 0.25) is 0 Å². The number of carbonyl (C=O) groups is 2. The van der Waals surface area contributed by atoms with E-state index in [1.807, 2.05) is 0 Å². The van der Waals surface area contributed by atoms with Crippen molar-refractivity contribution in [1.82, 2.24) is 0 Å². The minimum absolute atomic E-state index is 0.322. The number of ether oxygens (including phenoxy) is 1. The molecule has 1 aromatic carbocycles. The van der Waals surface area contributed by atoms with E-state index in [1.165, 1.54) is 24.3 Å². The summed E-state index contributed by atoms with van der Waals surface area (Å²) >= 11 is 0. The number of carboxylic acid groups (broad SMARTS) is 1. The Labute approximate surface area is 142 Å². The number of rotatable bonds is 4. The van der Waals surface area contributed by atoms with Crippen LogP contribution in [0.4, 0.5) is 0 Å². The number of esters is 1. The summed E-state index contributed by atoms with van der Waals surface area (Å²) < 4.78 is 4.96. The zero-order valence-corrected chi connectivity index (χ0v) is 12.9. The summed E-state index contributed by atoms with van der Waals surface area (Å²) in [4.78, 5) is 22.9. The van der Waals surface area contributed by atoms with Gasteiger partial charge in [0.15, 0.2) is 11.5 Å². The molecule has 1 fully saturated rings. The van der Waals surface area contributed by atoms with Gasteiger partial charge in [0.2, 0.25) is 0 Å². The van der Waals surface area contributed by atoms with Crippen molar-refractivity contribution in [3.63, 3.8) is 0 Å². The van der Waals surface area contributed by atoms with Crippen molar-refractivity contribution in [3.8, 4) is 11.5 Å². The van der Waals surface area contributed by atoms with Gasteiger partial charge in [-0.2, -0.15) is 0 Å². The zero-order chi connectivity index (χ0) is 18.7. The minimum atomic E-state index is -1.76. The molecule has 0 heterocycles. The Hall–Kier alpha value is -2.62. The third-order valence-corrected chi connectivity index (χ3v) is 3.98. The normalized spacial score (nSPS) is 29.5. The van der Waals surface area contributed by atoms with Crippen molar-refractivity contribution in [3.05, 3.63) is 29.8 Å². The number of carbonyl (C=O) groups excluding carboxylic acids is 1. The number of aliphatic carboxylic acids is 1. The van der Waals surface area contributed by atoms with Crippen molar-refractivity contribution < 1.29 is 45.0 Å². The topological polar surface area (TPSA) is 165 Å². The predicted octanol–water partition coefficient (Wildman–Crippen LogP) is -0.790. The van der Waals surface area contributed by atoms with Crippen LogP contribution < -0.4 is 0 Å². The summed E-state index contributed by atoms with van der Waals surface area (Å²) in [6, 6.07) is 3.85. The highest BCUT2D eigenvalue weighted by molar-refractivity contribution is 5.87. The largest absolute Gasteiger partial charge is 0.504 e. The maximum absolute atomic E-state index is 11.8. The number of phenolic OH excluding ortho intramolecular Hbond substituents is 2. The number of phenols is 2. The number of benzene rings is 1. The zero-order valence-electron chi connectivity index (χ0n) is 12.9. The molecule has 2 rings (SSSR count). The lowest BCUT2D eigenvalue weighted by Gasteiger charge is -2.37. The summed E-state index contributed by atoms with van der Waals surface area (Å²) in [5.74, 6) is -4.37. The summed E-state index contributed by atoms with van der Waals surface area (Å²) in [6.45, 7) is 0. The maximum atomic E-state index is 11.8. The lowest BCUT2D eigenvalue weighted by molar-refractivity contribution is -0.190. The smallest absolute Gasteiger partial charge is 0.331 e.